The van der Waals surface area contributed by atoms with Gasteiger partial charge >= 0.3 is 0 Å². The standard InChI is InChI=1S/C6F5IO2S/c7-1-2(8)4(10)6(15(12,13)14)5(11)3(1)9. The molecule has 0 amide bonds. The van der Waals surface area contributed by atoms with Crippen molar-refractivity contribution in [3.63, 3.8) is 0 Å². The Morgan fingerprint density at radius 3 is 1.27 bits per heavy atom. The third-order valence-electron chi connectivity index (χ3n) is 1.41. The van der Waals surface area contributed by atoms with E-state index >= 15 is 0 Å². The third kappa shape index (κ3) is 2.07. The first kappa shape index (κ1) is 12.6. The summed E-state index contributed by atoms with van der Waals surface area (Å²) in [6.07, 6.45) is 0. The van der Waals surface area contributed by atoms with Crippen molar-refractivity contribution in [1.29, 1.82) is 0 Å². The molecule has 0 aliphatic rings. The normalized spacial score (nSPS) is 11.9. The fraction of sp³-hybridized carbons (Fsp3) is 0. The summed E-state index contributed by atoms with van der Waals surface area (Å²) in [7, 11) is -4.55. The molecule has 0 N–H and O–H groups in total. The van der Waals surface area contributed by atoms with E-state index in [1.165, 1.54) is 0 Å². The van der Waals surface area contributed by atoms with Crippen LogP contribution in [0.5, 0.6) is 0 Å². The number of benzene rings is 1. The van der Waals surface area contributed by atoms with Gasteiger partial charge in [-0.1, -0.05) is 0 Å². The van der Waals surface area contributed by atoms with Crippen molar-refractivity contribution in [3.05, 3.63) is 29.1 Å². The molecule has 0 heterocycles. The Kier molecular flexibility index (Phi) is 3.24. The largest absolute Gasteiger partial charge is 0.237 e. The van der Waals surface area contributed by atoms with Crippen molar-refractivity contribution in [2.75, 3.05) is 0 Å². The Bertz CT molecular complexity index is 498. The molecule has 0 aromatic heterocycles. The zero-order valence-corrected chi connectivity index (χ0v) is 9.47. The summed E-state index contributed by atoms with van der Waals surface area (Å²) >= 11 is 0.575. The van der Waals surface area contributed by atoms with Gasteiger partial charge in [-0.3, -0.25) is 0 Å². The topological polar surface area (TPSA) is 34.1 Å². The molecule has 84 valence electrons. The summed E-state index contributed by atoms with van der Waals surface area (Å²) in [5.41, 5.74) is 0. The molecule has 0 atom stereocenters. The predicted molar refractivity (Wildman–Crippen MR) is 47.4 cm³/mol. The molecular weight excluding hydrogens is 358 g/mol. The summed E-state index contributed by atoms with van der Waals surface area (Å²) in [5.74, 6) is -11.7. The fourth-order valence-electron chi connectivity index (χ4n) is 0.799. The van der Waals surface area contributed by atoms with E-state index in [1.54, 1.807) is 0 Å². The highest BCUT2D eigenvalue weighted by atomic mass is 127. The first-order valence-corrected chi connectivity index (χ1v) is 7.16. The van der Waals surface area contributed by atoms with Crippen LogP contribution in [0.4, 0.5) is 22.0 Å². The molecule has 9 heteroatoms. The highest BCUT2D eigenvalue weighted by Crippen LogP contribution is 2.29. The molecule has 0 spiro atoms. The zero-order chi connectivity index (χ0) is 12.0. The van der Waals surface area contributed by atoms with Gasteiger partial charge in [0.2, 0.25) is 12.8 Å². The second-order valence-electron chi connectivity index (χ2n) is 2.34. The molecule has 0 aliphatic heterocycles. The van der Waals surface area contributed by atoms with Crippen LogP contribution in [0.15, 0.2) is 4.90 Å². The van der Waals surface area contributed by atoms with Gasteiger partial charge in [-0.05, 0) is 0 Å². The van der Waals surface area contributed by atoms with Crippen molar-refractivity contribution in [1.82, 2.24) is 0 Å². The summed E-state index contributed by atoms with van der Waals surface area (Å²) in [6, 6.07) is 0. The average molecular weight is 358 g/mol. The van der Waals surface area contributed by atoms with Gasteiger partial charge in [0.05, 0.1) is 21.2 Å². The second-order valence-corrected chi connectivity index (χ2v) is 7.10. The predicted octanol–water partition coefficient (Wildman–Crippen LogP) is 2.51. The van der Waals surface area contributed by atoms with Gasteiger partial charge in [0.15, 0.2) is 28.2 Å². The number of rotatable bonds is 1. The van der Waals surface area contributed by atoms with Crippen LogP contribution in [0.3, 0.4) is 0 Å². The van der Waals surface area contributed by atoms with E-state index in [4.69, 9.17) is 0 Å². The van der Waals surface area contributed by atoms with E-state index in [0.717, 1.165) is 0 Å². The van der Waals surface area contributed by atoms with E-state index in [2.05, 4.69) is 0 Å². The summed E-state index contributed by atoms with van der Waals surface area (Å²) < 4.78 is 84.5. The summed E-state index contributed by atoms with van der Waals surface area (Å²) in [6.45, 7) is 0. The lowest BCUT2D eigenvalue weighted by Gasteiger charge is -2.04. The molecule has 0 saturated carbocycles. The van der Waals surface area contributed by atoms with Crippen molar-refractivity contribution >= 4 is 28.2 Å². The van der Waals surface area contributed by atoms with Gasteiger partial charge < -0.3 is 0 Å². The Hall–Kier alpha value is -0.450. The Labute approximate surface area is 92.6 Å². The molecule has 0 bridgehead atoms. The minimum atomic E-state index is -4.55. The summed E-state index contributed by atoms with van der Waals surface area (Å²) in [5, 5.41) is 0. The lowest BCUT2D eigenvalue weighted by molar-refractivity contribution is 0.358. The van der Waals surface area contributed by atoms with Gasteiger partial charge in [0.25, 0.3) is 0 Å². The highest BCUT2D eigenvalue weighted by Gasteiger charge is 2.31. The maximum atomic E-state index is 12.8. The molecule has 15 heavy (non-hydrogen) atoms. The van der Waals surface area contributed by atoms with Crippen molar-refractivity contribution in [3.8, 4) is 0 Å². The van der Waals surface area contributed by atoms with Crippen molar-refractivity contribution in [2.45, 2.75) is 4.90 Å². The number of halogens is 6. The van der Waals surface area contributed by atoms with Crippen LogP contribution in [0.2, 0.25) is 0 Å². The van der Waals surface area contributed by atoms with Crippen LogP contribution in [0, 0.1) is 29.1 Å². The van der Waals surface area contributed by atoms with Gasteiger partial charge in [-0.25, -0.2) is 30.4 Å². The average Bonchev–Trinajstić information content (AvgIpc) is 2.09. The first-order chi connectivity index (χ1) is 6.68. The number of hydrogen-bond donors (Lipinski definition) is 0. The molecule has 2 nitrogen and oxygen atoms in total. The van der Waals surface area contributed by atoms with Gasteiger partial charge in [-0.2, -0.15) is 0 Å². The smallest absolute Gasteiger partial charge is 0.213 e. The maximum absolute atomic E-state index is 12.8. The highest BCUT2D eigenvalue weighted by molar-refractivity contribution is 14.2. The Balaban J connectivity index is 3.84. The molecule has 0 unspecified atom stereocenters. The number of hydrogen-bond acceptors (Lipinski definition) is 2. The second kappa shape index (κ2) is 3.85. The SMILES string of the molecule is O=S(=O)(I)c1c(F)c(F)c(F)c(F)c1F. The van der Waals surface area contributed by atoms with Gasteiger partial charge in [0, 0.05) is 0 Å². The lowest BCUT2D eigenvalue weighted by Crippen LogP contribution is -2.08. The molecule has 1 rings (SSSR count). The minimum Gasteiger partial charge on any atom is -0.213 e. The fourth-order valence-corrected chi connectivity index (χ4v) is 2.57. The molecule has 0 fully saturated rings. The van der Waals surface area contributed by atoms with Crippen LogP contribution < -0.4 is 0 Å². The maximum Gasteiger partial charge on any atom is 0.237 e. The van der Waals surface area contributed by atoms with E-state index in [0.29, 0.717) is 21.2 Å². The van der Waals surface area contributed by atoms with E-state index in [1.807, 2.05) is 0 Å². The summed E-state index contributed by atoms with van der Waals surface area (Å²) in [4.78, 5) is -1.83. The Morgan fingerprint density at radius 2 is 1.00 bits per heavy atom. The lowest BCUT2D eigenvalue weighted by atomic mass is 10.3. The van der Waals surface area contributed by atoms with Crippen LogP contribution in [-0.4, -0.2) is 8.42 Å². The van der Waals surface area contributed by atoms with Crippen LogP contribution >= 0.6 is 21.2 Å². The van der Waals surface area contributed by atoms with Crippen LogP contribution in [-0.2, 0) is 7.01 Å². The Morgan fingerprint density at radius 1 is 0.733 bits per heavy atom. The third-order valence-corrected chi connectivity index (χ3v) is 3.58. The van der Waals surface area contributed by atoms with E-state index < -0.39 is 41.0 Å². The van der Waals surface area contributed by atoms with Crippen molar-refractivity contribution in [2.24, 2.45) is 0 Å². The zero-order valence-electron chi connectivity index (χ0n) is 6.49. The molecule has 0 saturated heterocycles. The molecule has 0 radical (unpaired) electrons. The first-order valence-electron chi connectivity index (χ1n) is 3.14. The van der Waals surface area contributed by atoms with Crippen LogP contribution in [0.25, 0.3) is 0 Å². The molecular formula is C6F5IO2S. The van der Waals surface area contributed by atoms with Crippen LogP contribution in [0.1, 0.15) is 0 Å². The van der Waals surface area contributed by atoms with E-state index in [-0.39, 0.29) is 0 Å². The van der Waals surface area contributed by atoms with Gasteiger partial charge in [-0.15, -0.1) is 0 Å². The van der Waals surface area contributed by atoms with Gasteiger partial charge in [0.1, 0.15) is 0 Å². The van der Waals surface area contributed by atoms with Crippen molar-refractivity contribution < 1.29 is 30.4 Å². The monoisotopic (exact) mass is 358 g/mol. The molecule has 1 aromatic rings. The van der Waals surface area contributed by atoms with E-state index in [9.17, 15) is 30.4 Å². The molecule has 1 aromatic carbocycles. The quantitative estimate of drug-likeness (QED) is 0.254. The molecule has 0 aliphatic carbocycles. The minimum absolute atomic E-state index is 0.575.